The van der Waals surface area contributed by atoms with E-state index in [0.717, 1.165) is 17.5 Å². The molecule has 1 aliphatic rings. The Kier molecular flexibility index (Phi) is 9.22. The Morgan fingerprint density at radius 2 is 1.74 bits per heavy atom. The maximum absolute atomic E-state index is 13.6. The minimum absolute atomic E-state index is 0.199. The summed E-state index contributed by atoms with van der Waals surface area (Å²) in [5.74, 6) is 0.219. The predicted molar refractivity (Wildman–Crippen MR) is 156 cm³/mol. The first-order valence-electron chi connectivity index (χ1n) is 12.5. The molecule has 3 aromatic carbocycles. The number of thiocarbonyl (C=S) groups is 1. The minimum atomic E-state index is -0.515. The number of nitrogens with zero attached hydrogens (tertiary/aromatic N) is 2. The van der Waals surface area contributed by atoms with E-state index in [2.05, 4.69) is 6.92 Å². The lowest BCUT2D eigenvalue weighted by atomic mass is 10.1. The van der Waals surface area contributed by atoms with E-state index in [4.69, 9.17) is 38.0 Å². The molecule has 1 fully saturated rings. The number of hydrogen-bond acceptors (Lipinski definition) is 6. The monoisotopic (exact) mass is 564 g/mol. The van der Waals surface area contributed by atoms with Crippen LogP contribution in [0.1, 0.15) is 30.5 Å². The Hall–Kier alpha value is -3.88. The standard InChI is InChI=1S/C30H29ClN2O5S/c1-4-20-9-12-24(13-10-20)33-29(35)25(32(30(33)39)18-28(34)36-3)16-21-11-14-26(27(17-21)37-5-2)38-19-22-7-6-8-23(31)15-22/h6-17H,4-5,18-19H2,1-3H3/b25-16-. The van der Waals surface area contributed by atoms with E-state index in [1.165, 1.54) is 16.9 Å². The molecule has 1 saturated heterocycles. The molecule has 0 radical (unpaired) electrons. The zero-order valence-electron chi connectivity index (χ0n) is 22.0. The Morgan fingerprint density at radius 1 is 0.974 bits per heavy atom. The Labute approximate surface area is 238 Å². The summed E-state index contributed by atoms with van der Waals surface area (Å²) in [7, 11) is 1.30. The van der Waals surface area contributed by atoms with Gasteiger partial charge in [-0.25, -0.2) is 0 Å². The number of halogens is 1. The first-order chi connectivity index (χ1) is 18.8. The van der Waals surface area contributed by atoms with Crippen LogP contribution in [-0.2, 0) is 27.4 Å². The number of carbonyl (C=O) groups is 2. The third-order valence-electron chi connectivity index (χ3n) is 6.11. The van der Waals surface area contributed by atoms with Crippen LogP contribution in [0.4, 0.5) is 5.69 Å². The third-order valence-corrected chi connectivity index (χ3v) is 6.75. The van der Waals surface area contributed by atoms with Gasteiger partial charge in [0.05, 0.1) is 19.4 Å². The molecule has 0 unspecified atom stereocenters. The quantitative estimate of drug-likeness (QED) is 0.169. The molecule has 3 aromatic rings. The molecule has 7 nitrogen and oxygen atoms in total. The highest BCUT2D eigenvalue weighted by molar-refractivity contribution is 7.80. The van der Waals surface area contributed by atoms with E-state index in [1.807, 2.05) is 55.5 Å². The van der Waals surface area contributed by atoms with Gasteiger partial charge in [-0.15, -0.1) is 0 Å². The van der Waals surface area contributed by atoms with E-state index in [-0.39, 0.29) is 23.3 Å². The summed E-state index contributed by atoms with van der Waals surface area (Å²) < 4.78 is 16.7. The zero-order valence-corrected chi connectivity index (χ0v) is 23.6. The molecule has 202 valence electrons. The first kappa shape index (κ1) is 28.1. The van der Waals surface area contributed by atoms with E-state index in [1.54, 1.807) is 24.3 Å². The highest BCUT2D eigenvalue weighted by Gasteiger charge is 2.40. The fraction of sp³-hybridized carbons (Fsp3) is 0.233. The number of carbonyl (C=O) groups excluding carboxylic acids is 2. The average Bonchev–Trinajstić information content (AvgIpc) is 3.16. The van der Waals surface area contributed by atoms with Gasteiger partial charge in [-0.1, -0.05) is 48.9 Å². The van der Waals surface area contributed by atoms with Crippen molar-refractivity contribution in [2.75, 3.05) is 25.2 Å². The molecule has 0 spiro atoms. The molecule has 1 heterocycles. The van der Waals surface area contributed by atoms with Gasteiger partial charge in [0, 0.05) is 5.02 Å². The molecule has 9 heteroatoms. The van der Waals surface area contributed by atoms with E-state index in [0.29, 0.717) is 41.0 Å². The number of benzene rings is 3. The lowest BCUT2D eigenvalue weighted by Gasteiger charge is -2.19. The second-order valence-electron chi connectivity index (χ2n) is 8.69. The molecular weight excluding hydrogens is 536 g/mol. The molecule has 0 bridgehead atoms. The second kappa shape index (κ2) is 12.8. The summed E-state index contributed by atoms with van der Waals surface area (Å²) in [5.41, 5.74) is 3.62. The number of methoxy groups -OCH3 is 1. The smallest absolute Gasteiger partial charge is 0.325 e. The molecular formula is C30H29ClN2O5S. The van der Waals surface area contributed by atoms with Crippen LogP contribution in [0.3, 0.4) is 0 Å². The van der Waals surface area contributed by atoms with E-state index in [9.17, 15) is 9.59 Å². The van der Waals surface area contributed by atoms with Crippen molar-refractivity contribution in [2.24, 2.45) is 0 Å². The SMILES string of the molecule is CCOc1cc(/C=C2/C(=O)N(c3ccc(CC)cc3)C(=S)N2CC(=O)OC)ccc1OCc1cccc(Cl)c1. The number of anilines is 1. The molecule has 1 amide bonds. The van der Waals surface area contributed by atoms with Crippen molar-refractivity contribution in [3.05, 3.63) is 94.1 Å². The average molecular weight is 565 g/mol. The topological polar surface area (TPSA) is 68.3 Å². The lowest BCUT2D eigenvalue weighted by Crippen LogP contribution is -2.35. The third kappa shape index (κ3) is 6.58. The van der Waals surface area contributed by atoms with Crippen LogP contribution in [0.25, 0.3) is 6.08 Å². The molecule has 0 N–H and O–H groups in total. The number of hydrogen-bond donors (Lipinski definition) is 0. The summed E-state index contributed by atoms with van der Waals surface area (Å²) >= 11 is 11.7. The van der Waals surface area contributed by atoms with Gasteiger partial charge in [0.2, 0.25) is 0 Å². The van der Waals surface area contributed by atoms with Crippen LogP contribution in [0.2, 0.25) is 5.02 Å². The van der Waals surface area contributed by atoms with Gasteiger partial charge in [-0.05, 0) is 84.7 Å². The highest BCUT2D eigenvalue weighted by Crippen LogP contribution is 2.33. The van der Waals surface area contributed by atoms with Crippen molar-refractivity contribution >= 4 is 52.6 Å². The van der Waals surface area contributed by atoms with Crippen LogP contribution in [0, 0.1) is 0 Å². The molecule has 0 aromatic heterocycles. The van der Waals surface area contributed by atoms with Gasteiger partial charge >= 0.3 is 5.97 Å². The normalized spacial score (nSPS) is 14.2. The van der Waals surface area contributed by atoms with Gasteiger partial charge in [-0.2, -0.15) is 0 Å². The number of aryl methyl sites for hydroxylation is 1. The second-order valence-corrected chi connectivity index (χ2v) is 9.49. The Balaban J connectivity index is 1.66. The molecule has 39 heavy (non-hydrogen) atoms. The van der Waals surface area contributed by atoms with Crippen molar-refractivity contribution in [3.63, 3.8) is 0 Å². The van der Waals surface area contributed by atoms with Crippen LogP contribution in [-0.4, -0.2) is 42.2 Å². The van der Waals surface area contributed by atoms with E-state index < -0.39 is 5.97 Å². The maximum Gasteiger partial charge on any atom is 0.325 e. The number of rotatable bonds is 10. The van der Waals surface area contributed by atoms with Crippen LogP contribution in [0.15, 0.2) is 72.4 Å². The predicted octanol–water partition coefficient (Wildman–Crippen LogP) is 6.03. The summed E-state index contributed by atoms with van der Waals surface area (Å²) in [6.07, 6.45) is 2.56. The van der Waals surface area contributed by atoms with Crippen molar-refractivity contribution < 1.29 is 23.8 Å². The number of amides is 1. The summed E-state index contributed by atoms with van der Waals surface area (Å²) in [6.45, 7) is 4.48. The van der Waals surface area contributed by atoms with Gasteiger partial charge in [0.25, 0.3) is 5.91 Å². The highest BCUT2D eigenvalue weighted by atomic mass is 35.5. The maximum atomic E-state index is 13.6. The number of ether oxygens (including phenoxy) is 3. The molecule has 0 atom stereocenters. The van der Waals surface area contributed by atoms with Crippen molar-refractivity contribution in [1.82, 2.24) is 4.90 Å². The summed E-state index contributed by atoms with van der Waals surface area (Å²) in [5, 5.41) is 0.835. The first-order valence-corrected chi connectivity index (χ1v) is 13.3. The fourth-order valence-electron chi connectivity index (χ4n) is 4.08. The minimum Gasteiger partial charge on any atom is -0.490 e. The van der Waals surface area contributed by atoms with Crippen LogP contribution >= 0.6 is 23.8 Å². The molecule has 0 aliphatic carbocycles. The van der Waals surface area contributed by atoms with Gasteiger partial charge in [0.1, 0.15) is 18.8 Å². The lowest BCUT2D eigenvalue weighted by molar-refractivity contribution is -0.140. The van der Waals surface area contributed by atoms with Crippen LogP contribution in [0.5, 0.6) is 11.5 Å². The summed E-state index contributed by atoms with van der Waals surface area (Å²) in [6, 6.07) is 20.4. The Morgan fingerprint density at radius 3 is 2.41 bits per heavy atom. The van der Waals surface area contributed by atoms with Gasteiger partial charge < -0.3 is 19.1 Å². The zero-order chi connectivity index (χ0) is 27.9. The van der Waals surface area contributed by atoms with Crippen LogP contribution < -0.4 is 14.4 Å². The van der Waals surface area contributed by atoms with E-state index >= 15 is 0 Å². The molecule has 0 saturated carbocycles. The fourth-order valence-corrected chi connectivity index (χ4v) is 4.65. The summed E-state index contributed by atoms with van der Waals surface area (Å²) in [4.78, 5) is 28.8. The van der Waals surface area contributed by atoms with Crippen molar-refractivity contribution in [1.29, 1.82) is 0 Å². The van der Waals surface area contributed by atoms with Gasteiger partial charge in [-0.3, -0.25) is 14.5 Å². The number of esters is 1. The molecule has 4 rings (SSSR count). The molecule has 1 aliphatic heterocycles. The van der Waals surface area contributed by atoms with Crippen molar-refractivity contribution in [2.45, 2.75) is 26.9 Å². The van der Waals surface area contributed by atoms with Gasteiger partial charge in [0.15, 0.2) is 16.6 Å². The largest absolute Gasteiger partial charge is 0.490 e. The Bertz CT molecular complexity index is 1410. The van der Waals surface area contributed by atoms with Crippen molar-refractivity contribution in [3.8, 4) is 11.5 Å².